The van der Waals surface area contributed by atoms with E-state index in [0.29, 0.717) is 17.1 Å². The molecule has 1 rings (SSSR count). The first-order chi connectivity index (χ1) is 8.00. The summed E-state index contributed by atoms with van der Waals surface area (Å²) in [4.78, 5) is 0. The molecular weight excluding hydrogens is 223 g/mol. The standard InChI is InChI=1S/C13H19FO3/c1-13(2,8-15)10-5-9(7-14)12(17-4)11(6-10)16-3/h5-6,15H,7-8H2,1-4H3. The molecule has 0 atom stereocenters. The Kier molecular flexibility index (Phi) is 4.34. The van der Waals surface area contributed by atoms with E-state index >= 15 is 0 Å². The Morgan fingerprint density at radius 1 is 1.24 bits per heavy atom. The average molecular weight is 242 g/mol. The van der Waals surface area contributed by atoms with Crippen molar-refractivity contribution in [1.29, 1.82) is 0 Å². The normalized spacial score (nSPS) is 11.4. The second-order valence-electron chi connectivity index (χ2n) is 4.55. The van der Waals surface area contributed by atoms with Gasteiger partial charge in [-0.1, -0.05) is 13.8 Å². The highest BCUT2D eigenvalue weighted by atomic mass is 19.1. The van der Waals surface area contributed by atoms with Crippen molar-refractivity contribution in [2.24, 2.45) is 0 Å². The molecule has 0 saturated heterocycles. The van der Waals surface area contributed by atoms with Crippen LogP contribution >= 0.6 is 0 Å². The van der Waals surface area contributed by atoms with Gasteiger partial charge in [-0.05, 0) is 17.7 Å². The van der Waals surface area contributed by atoms with Crippen LogP contribution in [0.1, 0.15) is 25.0 Å². The number of benzene rings is 1. The molecule has 0 aliphatic heterocycles. The van der Waals surface area contributed by atoms with Crippen LogP contribution in [0.3, 0.4) is 0 Å². The van der Waals surface area contributed by atoms with Crippen molar-refractivity contribution in [3.8, 4) is 11.5 Å². The molecule has 1 N–H and O–H groups in total. The van der Waals surface area contributed by atoms with Crippen molar-refractivity contribution in [3.05, 3.63) is 23.3 Å². The van der Waals surface area contributed by atoms with Crippen LogP contribution in [-0.4, -0.2) is 25.9 Å². The zero-order chi connectivity index (χ0) is 13.1. The highest BCUT2D eigenvalue weighted by molar-refractivity contribution is 5.51. The van der Waals surface area contributed by atoms with Crippen molar-refractivity contribution >= 4 is 0 Å². The lowest BCUT2D eigenvalue weighted by atomic mass is 9.84. The molecule has 0 aliphatic rings. The molecule has 1 aromatic rings. The first-order valence-corrected chi connectivity index (χ1v) is 5.42. The lowest BCUT2D eigenvalue weighted by molar-refractivity contribution is 0.217. The number of hydrogen-bond donors (Lipinski definition) is 1. The lowest BCUT2D eigenvalue weighted by Gasteiger charge is -2.24. The molecule has 0 aliphatic carbocycles. The molecule has 0 bridgehead atoms. The summed E-state index contributed by atoms with van der Waals surface area (Å²) in [5.74, 6) is 0.895. The van der Waals surface area contributed by atoms with E-state index in [9.17, 15) is 9.50 Å². The highest BCUT2D eigenvalue weighted by Crippen LogP contribution is 2.37. The predicted molar refractivity (Wildman–Crippen MR) is 64.5 cm³/mol. The SMILES string of the molecule is COc1cc(C(C)(C)CO)cc(CF)c1OC. The molecule has 0 amide bonds. The highest BCUT2D eigenvalue weighted by Gasteiger charge is 2.23. The van der Waals surface area contributed by atoms with Gasteiger partial charge in [0, 0.05) is 11.0 Å². The van der Waals surface area contributed by atoms with Crippen LogP contribution in [-0.2, 0) is 12.1 Å². The quantitative estimate of drug-likeness (QED) is 0.862. The Labute approximate surface area is 101 Å². The van der Waals surface area contributed by atoms with Gasteiger partial charge in [-0.2, -0.15) is 0 Å². The molecular formula is C13H19FO3. The van der Waals surface area contributed by atoms with Gasteiger partial charge in [-0.15, -0.1) is 0 Å². The minimum atomic E-state index is -0.630. The lowest BCUT2D eigenvalue weighted by Crippen LogP contribution is -2.22. The minimum Gasteiger partial charge on any atom is -0.493 e. The molecule has 0 aromatic heterocycles. The predicted octanol–water partition coefficient (Wildman–Crippen LogP) is 2.44. The molecule has 0 fully saturated rings. The van der Waals surface area contributed by atoms with Crippen LogP contribution in [0.4, 0.5) is 4.39 Å². The summed E-state index contributed by atoms with van der Waals surface area (Å²) in [6.07, 6.45) is 0. The van der Waals surface area contributed by atoms with Gasteiger partial charge in [-0.25, -0.2) is 4.39 Å². The maximum absolute atomic E-state index is 13.0. The van der Waals surface area contributed by atoms with Crippen LogP contribution < -0.4 is 9.47 Å². The second kappa shape index (κ2) is 5.36. The van der Waals surface area contributed by atoms with Gasteiger partial charge in [0.15, 0.2) is 11.5 Å². The number of aliphatic hydroxyl groups is 1. The van der Waals surface area contributed by atoms with E-state index in [-0.39, 0.29) is 6.61 Å². The molecule has 4 heteroatoms. The Morgan fingerprint density at radius 3 is 2.29 bits per heavy atom. The molecule has 1 aromatic carbocycles. The minimum absolute atomic E-state index is 0.0196. The zero-order valence-corrected chi connectivity index (χ0v) is 10.7. The summed E-state index contributed by atoms with van der Waals surface area (Å²) >= 11 is 0. The third-order valence-corrected chi connectivity index (χ3v) is 2.88. The van der Waals surface area contributed by atoms with Crippen molar-refractivity contribution in [3.63, 3.8) is 0 Å². The summed E-state index contributed by atoms with van der Waals surface area (Å²) in [6.45, 7) is 3.12. The van der Waals surface area contributed by atoms with Gasteiger partial charge in [0.2, 0.25) is 0 Å². The summed E-state index contributed by atoms with van der Waals surface area (Å²) in [7, 11) is 2.99. The third-order valence-electron chi connectivity index (χ3n) is 2.88. The van der Waals surface area contributed by atoms with Gasteiger partial charge in [0.05, 0.1) is 20.8 Å². The van der Waals surface area contributed by atoms with E-state index in [1.807, 2.05) is 13.8 Å². The molecule has 0 heterocycles. The summed E-state index contributed by atoms with van der Waals surface area (Å²) in [6, 6.07) is 3.48. The Morgan fingerprint density at radius 2 is 1.88 bits per heavy atom. The Balaban J connectivity index is 3.37. The summed E-state index contributed by atoms with van der Waals surface area (Å²) in [5.41, 5.74) is 0.817. The number of alkyl halides is 1. The smallest absolute Gasteiger partial charge is 0.166 e. The van der Waals surface area contributed by atoms with Crippen molar-refractivity contribution in [2.75, 3.05) is 20.8 Å². The number of rotatable bonds is 5. The fourth-order valence-electron chi connectivity index (χ4n) is 1.62. The van der Waals surface area contributed by atoms with Gasteiger partial charge >= 0.3 is 0 Å². The summed E-state index contributed by atoms with van der Waals surface area (Å²) in [5, 5.41) is 9.34. The third kappa shape index (κ3) is 2.69. The fraction of sp³-hybridized carbons (Fsp3) is 0.538. The van der Waals surface area contributed by atoms with Gasteiger partial charge in [0.25, 0.3) is 0 Å². The maximum Gasteiger partial charge on any atom is 0.166 e. The number of ether oxygens (including phenoxy) is 2. The number of hydrogen-bond acceptors (Lipinski definition) is 3. The van der Waals surface area contributed by atoms with Crippen LogP contribution in [0.15, 0.2) is 12.1 Å². The first kappa shape index (κ1) is 13.8. The van der Waals surface area contributed by atoms with E-state index in [1.165, 1.54) is 14.2 Å². The second-order valence-corrected chi connectivity index (χ2v) is 4.55. The van der Waals surface area contributed by atoms with Crippen molar-refractivity contribution in [1.82, 2.24) is 0 Å². The van der Waals surface area contributed by atoms with E-state index in [0.717, 1.165) is 5.56 Å². The zero-order valence-electron chi connectivity index (χ0n) is 10.7. The van der Waals surface area contributed by atoms with E-state index in [4.69, 9.17) is 9.47 Å². The maximum atomic E-state index is 13.0. The Bertz CT molecular complexity index is 363. The van der Waals surface area contributed by atoms with Crippen LogP contribution in [0, 0.1) is 0 Å². The monoisotopic (exact) mass is 242 g/mol. The van der Waals surface area contributed by atoms with Gasteiger partial charge in [-0.3, -0.25) is 0 Å². The molecule has 0 radical (unpaired) electrons. The molecule has 3 nitrogen and oxygen atoms in total. The fourth-order valence-corrected chi connectivity index (χ4v) is 1.62. The molecule has 17 heavy (non-hydrogen) atoms. The summed E-state index contributed by atoms with van der Waals surface area (Å²) < 4.78 is 23.3. The van der Waals surface area contributed by atoms with Crippen molar-refractivity contribution in [2.45, 2.75) is 25.9 Å². The largest absolute Gasteiger partial charge is 0.493 e. The van der Waals surface area contributed by atoms with Gasteiger partial charge < -0.3 is 14.6 Å². The first-order valence-electron chi connectivity index (χ1n) is 5.42. The number of halogens is 1. The van der Waals surface area contributed by atoms with Crippen LogP contribution in [0.25, 0.3) is 0 Å². The average Bonchev–Trinajstić information content (AvgIpc) is 2.36. The molecule has 0 unspecified atom stereocenters. The number of aliphatic hydroxyl groups excluding tert-OH is 1. The van der Waals surface area contributed by atoms with Crippen LogP contribution in [0.2, 0.25) is 0 Å². The topological polar surface area (TPSA) is 38.7 Å². The number of methoxy groups -OCH3 is 2. The van der Waals surface area contributed by atoms with E-state index in [1.54, 1.807) is 12.1 Å². The van der Waals surface area contributed by atoms with Gasteiger partial charge in [0.1, 0.15) is 6.67 Å². The Hall–Kier alpha value is -1.29. The van der Waals surface area contributed by atoms with Crippen molar-refractivity contribution < 1.29 is 19.0 Å². The molecule has 0 spiro atoms. The van der Waals surface area contributed by atoms with E-state index < -0.39 is 12.1 Å². The van der Waals surface area contributed by atoms with Crippen LogP contribution in [0.5, 0.6) is 11.5 Å². The molecule has 96 valence electrons. The molecule has 0 saturated carbocycles. The van der Waals surface area contributed by atoms with E-state index in [2.05, 4.69) is 0 Å².